The molecule has 0 aromatic heterocycles. The molecule has 0 heterocycles. The van der Waals surface area contributed by atoms with E-state index in [1.54, 1.807) is 42.5 Å². The molecule has 0 aliphatic heterocycles. The molecule has 0 unspecified atom stereocenters. The number of para-hydroxylation sites is 1. The third-order valence-electron chi connectivity index (χ3n) is 3.90. The summed E-state index contributed by atoms with van der Waals surface area (Å²) in [6.45, 7) is 1.89. The molecule has 0 saturated carbocycles. The molecule has 3 aromatic rings. The number of benzene rings is 3. The third kappa shape index (κ3) is 4.75. The lowest BCUT2D eigenvalue weighted by molar-refractivity contribution is 0.102. The van der Waals surface area contributed by atoms with Gasteiger partial charge in [-0.1, -0.05) is 40.2 Å². The Labute approximate surface area is 166 Å². The molecule has 0 bridgehead atoms. The van der Waals surface area contributed by atoms with Crippen LogP contribution in [0.4, 0.5) is 11.4 Å². The third-order valence-corrected chi connectivity index (χ3v) is 5.80. The van der Waals surface area contributed by atoms with Gasteiger partial charge in [-0.05, 0) is 61.0 Å². The number of sulfonamides is 1. The van der Waals surface area contributed by atoms with Crippen molar-refractivity contribution in [3.8, 4) is 0 Å². The number of hydrogen-bond donors (Lipinski definition) is 2. The SMILES string of the molecule is Cc1ccccc1NC(=O)c1cccc(S(=O)(=O)Nc2ccc(Br)cc2)c1. The van der Waals surface area contributed by atoms with E-state index in [0.717, 1.165) is 10.0 Å². The number of anilines is 2. The first-order valence-electron chi connectivity index (χ1n) is 8.10. The predicted molar refractivity (Wildman–Crippen MR) is 111 cm³/mol. The minimum atomic E-state index is -3.81. The summed E-state index contributed by atoms with van der Waals surface area (Å²) in [6.07, 6.45) is 0. The van der Waals surface area contributed by atoms with Crippen LogP contribution in [0.25, 0.3) is 0 Å². The van der Waals surface area contributed by atoms with Gasteiger partial charge in [-0.2, -0.15) is 0 Å². The van der Waals surface area contributed by atoms with Crippen LogP contribution in [0.2, 0.25) is 0 Å². The van der Waals surface area contributed by atoms with E-state index in [-0.39, 0.29) is 16.4 Å². The van der Waals surface area contributed by atoms with Crippen LogP contribution in [0, 0.1) is 6.92 Å². The van der Waals surface area contributed by atoms with Gasteiger partial charge in [0.15, 0.2) is 0 Å². The average molecular weight is 445 g/mol. The number of amides is 1. The molecule has 0 atom stereocenters. The average Bonchev–Trinajstić information content (AvgIpc) is 2.65. The summed E-state index contributed by atoms with van der Waals surface area (Å²) in [5.41, 5.74) is 2.31. The monoisotopic (exact) mass is 444 g/mol. The molecule has 7 heteroatoms. The summed E-state index contributed by atoms with van der Waals surface area (Å²) < 4.78 is 28.6. The van der Waals surface area contributed by atoms with Gasteiger partial charge in [-0.3, -0.25) is 9.52 Å². The molecule has 3 aromatic carbocycles. The lowest BCUT2D eigenvalue weighted by Crippen LogP contribution is -2.16. The molecule has 3 rings (SSSR count). The molecular formula is C20H17BrN2O3S. The summed E-state index contributed by atoms with van der Waals surface area (Å²) in [4.78, 5) is 12.5. The Bertz CT molecular complexity index is 1080. The molecular weight excluding hydrogens is 428 g/mol. The number of halogens is 1. The first-order chi connectivity index (χ1) is 12.8. The van der Waals surface area contributed by atoms with Gasteiger partial charge in [-0.15, -0.1) is 0 Å². The van der Waals surface area contributed by atoms with Crippen molar-refractivity contribution in [2.24, 2.45) is 0 Å². The summed E-state index contributed by atoms with van der Waals surface area (Å²) in [5.74, 6) is -0.370. The second-order valence-corrected chi connectivity index (χ2v) is 8.51. The number of rotatable bonds is 5. The van der Waals surface area contributed by atoms with E-state index in [4.69, 9.17) is 0 Å². The van der Waals surface area contributed by atoms with Crippen LogP contribution in [0.15, 0.2) is 82.2 Å². The van der Waals surface area contributed by atoms with Crippen molar-refractivity contribution in [2.45, 2.75) is 11.8 Å². The lowest BCUT2D eigenvalue weighted by atomic mass is 10.1. The molecule has 2 N–H and O–H groups in total. The second kappa shape index (κ2) is 7.94. The minimum Gasteiger partial charge on any atom is -0.322 e. The van der Waals surface area contributed by atoms with E-state index in [1.807, 2.05) is 25.1 Å². The normalized spacial score (nSPS) is 11.0. The Morgan fingerprint density at radius 3 is 2.33 bits per heavy atom. The smallest absolute Gasteiger partial charge is 0.261 e. The highest BCUT2D eigenvalue weighted by Crippen LogP contribution is 2.20. The Kier molecular flexibility index (Phi) is 5.62. The predicted octanol–water partition coefficient (Wildman–Crippen LogP) is 4.81. The van der Waals surface area contributed by atoms with Crippen molar-refractivity contribution in [1.82, 2.24) is 0 Å². The first-order valence-corrected chi connectivity index (χ1v) is 10.4. The van der Waals surface area contributed by atoms with Crippen LogP contribution in [-0.4, -0.2) is 14.3 Å². The highest BCUT2D eigenvalue weighted by atomic mass is 79.9. The number of carbonyl (C=O) groups excluding carboxylic acids is 1. The highest BCUT2D eigenvalue weighted by Gasteiger charge is 2.17. The van der Waals surface area contributed by atoms with Crippen LogP contribution in [0.1, 0.15) is 15.9 Å². The fraction of sp³-hybridized carbons (Fsp3) is 0.0500. The quantitative estimate of drug-likeness (QED) is 0.592. The zero-order valence-corrected chi connectivity index (χ0v) is 16.8. The van der Waals surface area contributed by atoms with Crippen molar-refractivity contribution in [3.05, 3.63) is 88.4 Å². The molecule has 27 heavy (non-hydrogen) atoms. The standard InChI is InChI=1S/C20H17BrN2O3S/c1-14-5-2-3-8-19(14)22-20(24)15-6-4-7-18(13-15)27(25,26)23-17-11-9-16(21)10-12-17/h2-13,23H,1H3,(H,22,24). The number of aryl methyl sites for hydroxylation is 1. The Morgan fingerprint density at radius 1 is 0.926 bits per heavy atom. The molecule has 5 nitrogen and oxygen atoms in total. The van der Waals surface area contributed by atoms with E-state index < -0.39 is 10.0 Å². The second-order valence-electron chi connectivity index (χ2n) is 5.91. The molecule has 0 radical (unpaired) electrons. The fourth-order valence-electron chi connectivity index (χ4n) is 2.44. The molecule has 0 aliphatic carbocycles. The lowest BCUT2D eigenvalue weighted by Gasteiger charge is -2.11. The van der Waals surface area contributed by atoms with Gasteiger partial charge < -0.3 is 5.32 Å². The topological polar surface area (TPSA) is 75.3 Å². The van der Waals surface area contributed by atoms with Crippen LogP contribution in [-0.2, 0) is 10.0 Å². The van der Waals surface area contributed by atoms with E-state index in [0.29, 0.717) is 11.4 Å². The maximum atomic E-state index is 12.6. The van der Waals surface area contributed by atoms with Gasteiger partial charge in [0.1, 0.15) is 0 Å². The molecule has 1 amide bonds. The Balaban J connectivity index is 1.83. The highest BCUT2D eigenvalue weighted by molar-refractivity contribution is 9.10. The first kappa shape index (κ1) is 19.1. The van der Waals surface area contributed by atoms with E-state index >= 15 is 0 Å². The van der Waals surface area contributed by atoms with Crippen LogP contribution < -0.4 is 10.0 Å². The number of carbonyl (C=O) groups is 1. The van der Waals surface area contributed by atoms with Gasteiger partial charge in [0.2, 0.25) is 0 Å². The van der Waals surface area contributed by atoms with Gasteiger partial charge in [0, 0.05) is 21.4 Å². The minimum absolute atomic E-state index is 0.0165. The zero-order chi connectivity index (χ0) is 19.4. The van der Waals surface area contributed by atoms with Crippen molar-refractivity contribution < 1.29 is 13.2 Å². The molecule has 0 fully saturated rings. The van der Waals surface area contributed by atoms with Crippen LogP contribution in [0.3, 0.4) is 0 Å². The van der Waals surface area contributed by atoms with E-state index in [9.17, 15) is 13.2 Å². The van der Waals surface area contributed by atoms with Crippen molar-refractivity contribution in [2.75, 3.05) is 10.0 Å². The molecule has 138 valence electrons. The molecule has 0 aliphatic rings. The van der Waals surface area contributed by atoms with Crippen LogP contribution >= 0.6 is 15.9 Å². The summed E-state index contributed by atoms with van der Waals surface area (Å²) in [7, 11) is -3.81. The summed E-state index contributed by atoms with van der Waals surface area (Å²) >= 11 is 3.31. The van der Waals surface area contributed by atoms with Crippen molar-refractivity contribution >= 4 is 43.2 Å². The van der Waals surface area contributed by atoms with Crippen LogP contribution in [0.5, 0.6) is 0 Å². The fourth-order valence-corrected chi connectivity index (χ4v) is 3.81. The van der Waals surface area contributed by atoms with Crippen molar-refractivity contribution in [3.63, 3.8) is 0 Å². The number of nitrogens with one attached hydrogen (secondary N) is 2. The van der Waals surface area contributed by atoms with E-state index in [1.165, 1.54) is 12.1 Å². The summed E-state index contributed by atoms with van der Waals surface area (Å²) in [5, 5.41) is 2.80. The van der Waals surface area contributed by atoms with Gasteiger partial charge in [0.25, 0.3) is 15.9 Å². The molecule has 0 saturated heterocycles. The number of hydrogen-bond acceptors (Lipinski definition) is 3. The molecule has 0 spiro atoms. The summed E-state index contributed by atoms with van der Waals surface area (Å²) in [6, 6.07) is 20.1. The van der Waals surface area contributed by atoms with Crippen molar-refractivity contribution in [1.29, 1.82) is 0 Å². The Hall–Kier alpha value is -2.64. The maximum absolute atomic E-state index is 12.6. The van der Waals surface area contributed by atoms with E-state index in [2.05, 4.69) is 26.0 Å². The zero-order valence-electron chi connectivity index (χ0n) is 14.4. The van der Waals surface area contributed by atoms with Gasteiger partial charge >= 0.3 is 0 Å². The van der Waals surface area contributed by atoms with Gasteiger partial charge in [-0.25, -0.2) is 8.42 Å². The largest absolute Gasteiger partial charge is 0.322 e. The van der Waals surface area contributed by atoms with Gasteiger partial charge in [0.05, 0.1) is 4.90 Å². The Morgan fingerprint density at radius 2 is 1.63 bits per heavy atom. The maximum Gasteiger partial charge on any atom is 0.261 e.